The monoisotopic (exact) mass is 391 g/mol. The van der Waals surface area contributed by atoms with E-state index in [1.807, 2.05) is 49.4 Å². The van der Waals surface area contributed by atoms with Crippen LogP contribution in [-0.2, 0) is 4.79 Å². The highest BCUT2D eigenvalue weighted by Gasteiger charge is 2.09. The molecule has 0 aliphatic rings. The van der Waals surface area contributed by atoms with Gasteiger partial charge in [0, 0.05) is 23.4 Å². The molecule has 28 heavy (non-hydrogen) atoms. The molecule has 142 valence electrons. The van der Waals surface area contributed by atoms with Gasteiger partial charge in [0.25, 0.3) is 5.91 Å². The Bertz CT molecular complexity index is 1030. The first-order chi connectivity index (χ1) is 13.5. The molecule has 3 aromatic rings. The molecule has 0 atom stereocenters. The number of carbonyl (C=O) groups is 2. The van der Waals surface area contributed by atoms with Crippen molar-refractivity contribution in [2.24, 2.45) is 0 Å². The van der Waals surface area contributed by atoms with Gasteiger partial charge in [-0.2, -0.15) is 0 Å². The average Bonchev–Trinajstić information content (AvgIpc) is 2.68. The molecule has 0 saturated carbocycles. The van der Waals surface area contributed by atoms with Crippen molar-refractivity contribution in [3.63, 3.8) is 0 Å². The van der Waals surface area contributed by atoms with E-state index in [1.54, 1.807) is 24.3 Å². The van der Waals surface area contributed by atoms with Gasteiger partial charge in [-0.1, -0.05) is 43.3 Å². The van der Waals surface area contributed by atoms with Gasteiger partial charge in [-0.3, -0.25) is 14.9 Å². The van der Waals surface area contributed by atoms with Gasteiger partial charge < -0.3 is 10.6 Å². The zero-order valence-electron chi connectivity index (χ0n) is 15.5. The van der Waals surface area contributed by atoms with Crippen molar-refractivity contribution in [3.05, 3.63) is 72.3 Å². The molecule has 3 rings (SSSR count). The van der Waals surface area contributed by atoms with Crippen LogP contribution in [0.1, 0.15) is 30.1 Å². The van der Waals surface area contributed by atoms with Crippen LogP contribution in [0.3, 0.4) is 0 Å². The normalized spacial score (nSPS) is 10.3. The smallest absolute Gasteiger partial charge is 0.257 e. The van der Waals surface area contributed by atoms with Crippen molar-refractivity contribution in [2.75, 3.05) is 10.6 Å². The van der Waals surface area contributed by atoms with Crippen molar-refractivity contribution in [2.45, 2.75) is 19.8 Å². The summed E-state index contributed by atoms with van der Waals surface area (Å²) in [7, 11) is 0. The minimum atomic E-state index is -0.282. The topological polar surface area (TPSA) is 70.2 Å². The van der Waals surface area contributed by atoms with E-state index >= 15 is 0 Å². The van der Waals surface area contributed by atoms with E-state index < -0.39 is 0 Å². The maximum atomic E-state index is 12.5. The van der Waals surface area contributed by atoms with E-state index in [2.05, 4.69) is 16.0 Å². The number of thiocarbonyl (C=S) groups is 1. The average molecular weight is 391 g/mol. The number of nitrogens with one attached hydrogen (secondary N) is 3. The van der Waals surface area contributed by atoms with Gasteiger partial charge in [-0.15, -0.1) is 0 Å². The Labute approximate surface area is 169 Å². The number of amides is 2. The fourth-order valence-electron chi connectivity index (χ4n) is 2.79. The first-order valence-corrected chi connectivity index (χ1v) is 9.47. The fourth-order valence-corrected chi connectivity index (χ4v) is 3.00. The van der Waals surface area contributed by atoms with Crippen LogP contribution in [0.4, 0.5) is 11.4 Å². The Morgan fingerprint density at radius 1 is 0.857 bits per heavy atom. The lowest BCUT2D eigenvalue weighted by Crippen LogP contribution is -2.34. The Kier molecular flexibility index (Phi) is 6.34. The molecular formula is C22H21N3O2S. The Hall–Kier alpha value is -3.25. The molecule has 0 aliphatic carbocycles. The molecule has 0 fully saturated rings. The van der Waals surface area contributed by atoms with Crippen molar-refractivity contribution >= 4 is 51.3 Å². The highest BCUT2D eigenvalue weighted by molar-refractivity contribution is 7.80. The van der Waals surface area contributed by atoms with Crippen LogP contribution in [-0.4, -0.2) is 16.9 Å². The van der Waals surface area contributed by atoms with Gasteiger partial charge in [0.2, 0.25) is 5.91 Å². The predicted molar refractivity (Wildman–Crippen MR) is 118 cm³/mol. The fraction of sp³-hybridized carbons (Fsp3) is 0.136. The second-order valence-electron chi connectivity index (χ2n) is 6.35. The van der Waals surface area contributed by atoms with Crippen LogP contribution in [0, 0.1) is 0 Å². The van der Waals surface area contributed by atoms with E-state index in [0.717, 1.165) is 17.2 Å². The summed E-state index contributed by atoms with van der Waals surface area (Å²) in [6, 6.07) is 20.5. The molecule has 0 spiro atoms. The summed E-state index contributed by atoms with van der Waals surface area (Å²) in [6.07, 6.45) is 1.26. The summed E-state index contributed by atoms with van der Waals surface area (Å²) in [5.41, 5.74) is 1.88. The van der Waals surface area contributed by atoms with E-state index in [0.29, 0.717) is 23.4 Å². The third-order valence-electron chi connectivity index (χ3n) is 4.12. The molecule has 5 nitrogen and oxygen atoms in total. The van der Waals surface area contributed by atoms with Crippen LogP contribution < -0.4 is 16.0 Å². The number of benzene rings is 3. The largest absolute Gasteiger partial charge is 0.332 e. The lowest BCUT2D eigenvalue weighted by molar-refractivity contribution is -0.116. The molecule has 0 aliphatic heterocycles. The van der Waals surface area contributed by atoms with Crippen LogP contribution in [0.25, 0.3) is 10.8 Å². The second kappa shape index (κ2) is 9.10. The number of anilines is 2. The minimum absolute atomic E-state index is 0.0353. The van der Waals surface area contributed by atoms with Crippen molar-refractivity contribution in [1.82, 2.24) is 5.32 Å². The van der Waals surface area contributed by atoms with E-state index in [9.17, 15) is 9.59 Å². The Morgan fingerprint density at radius 3 is 2.32 bits per heavy atom. The van der Waals surface area contributed by atoms with Crippen LogP contribution in [0.15, 0.2) is 66.7 Å². The summed E-state index contributed by atoms with van der Waals surface area (Å²) < 4.78 is 0. The summed E-state index contributed by atoms with van der Waals surface area (Å²) in [6.45, 7) is 1.95. The van der Waals surface area contributed by atoms with Gasteiger partial charge in [-0.05, 0) is 59.7 Å². The maximum Gasteiger partial charge on any atom is 0.257 e. The zero-order valence-corrected chi connectivity index (χ0v) is 16.3. The highest BCUT2D eigenvalue weighted by Crippen LogP contribution is 2.17. The summed E-state index contributed by atoms with van der Waals surface area (Å²) in [4.78, 5) is 24.2. The SMILES string of the molecule is CCCC(=O)Nc1cccc(NC(=S)NC(=O)c2ccc3ccccc3c2)c1. The van der Waals surface area contributed by atoms with Gasteiger partial charge in [0.1, 0.15) is 0 Å². The van der Waals surface area contributed by atoms with Gasteiger partial charge in [0.05, 0.1) is 0 Å². The first kappa shape index (κ1) is 19.5. The minimum Gasteiger partial charge on any atom is -0.332 e. The van der Waals surface area contributed by atoms with Crippen molar-refractivity contribution in [3.8, 4) is 0 Å². The zero-order chi connectivity index (χ0) is 19.9. The molecule has 0 aromatic heterocycles. The second-order valence-corrected chi connectivity index (χ2v) is 6.76. The van der Waals surface area contributed by atoms with Gasteiger partial charge in [-0.25, -0.2) is 0 Å². The number of carbonyl (C=O) groups excluding carboxylic acids is 2. The summed E-state index contributed by atoms with van der Waals surface area (Å²) in [5.74, 6) is -0.317. The van der Waals surface area contributed by atoms with Crippen molar-refractivity contribution < 1.29 is 9.59 Å². The molecular weight excluding hydrogens is 370 g/mol. The van der Waals surface area contributed by atoms with Crippen molar-refractivity contribution in [1.29, 1.82) is 0 Å². The number of hydrogen-bond acceptors (Lipinski definition) is 3. The molecule has 0 heterocycles. The van der Waals surface area contributed by atoms with Crippen LogP contribution >= 0.6 is 12.2 Å². The summed E-state index contributed by atoms with van der Waals surface area (Å²) >= 11 is 5.25. The molecule has 0 saturated heterocycles. The standard InChI is InChI=1S/C22H21N3O2S/c1-2-6-20(26)23-18-9-5-10-19(14-18)24-22(28)25-21(27)17-12-11-15-7-3-4-8-16(15)13-17/h3-5,7-14H,2,6H2,1H3,(H,23,26)(H2,24,25,27,28). The molecule has 6 heteroatoms. The molecule has 3 N–H and O–H groups in total. The molecule has 3 aromatic carbocycles. The van der Waals surface area contributed by atoms with E-state index in [1.165, 1.54) is 0 Å². The number of rotatable bonds is 5. The molecule has 2 amide bonds. The predicted octanol–water partition coefficient (Wildman–Crippen LogP) is 4.71. The van der Waals surface area contributed by atoms with E-state index in [4.69, 9.17) is 12.2 Å². The first-order valence-electron chi connectivity index (χ1n) is 9.06. The highest BCUT2D eigenvalue weighted by atomic mass is 32.1. The summed E-state index contributed by atoms with van der Waals surface area (Å²) in [5, 5.41) is 10.7. The molecule has 0 radical (unpaired) electrons. The van der Waals surface area contributed by atoms with E-state index in [-0.39, 0.29) is 16.9 Å². The molecule has 0 unspecified atom stereocenters. The maximum absolute atomic E-state index is 12.5. The lowest BCUT2D eigenvalue weighted by Gasteiger charge is -2.11. The lowest BCUT2D eigenvalue weighted by atomic mass is 10.1. The Balaban J connectivity index is 1.63. The van der Waals surface area contributed by atoms with Crippen LogP contribution in [0.5, 0.6) is 0 Å². The van der Waals surface area contributed by atoms with Gasteiger partial charge >= 0.3 is 0 Å². The third kappa shape index (κ3) is 5.14. The van der Waals surface area contributed by atoms with Gasteiger partial charge in [0.15, 0.2) is 5.11 Å². The van der Waals surface area contributed by atoms with Crippen LogP contribution in [0.2, 0.25) is 0 Å². The Morgan fingerprint density at radius 2 is 1.57 bits per heavy atom. The number of hydrogen-bond donors (Lipinski definition) is 3. The number of fused-ring (bicyclic) bond motifs is 1. The molecule has 0 bridgehead atoms. The third-order valence-corrected chi connectivity index (χ3v) is 4.32. The quantitative estimate of drug-likeness (QED) is 0.551.